The standard InChI is InChI=1S/C16H20FNO3/c17-14-7-2-1-4-11(14)8-9-18-15(19)12-5-3-6-13(10-12)16(20)21/h1-2,4,7,12-13H,3,5-6,8-10H2,(H,18,19)(H,20,21)/t12-,13-/m0/s1. The van der Waals surface area contributed by atoms with E-state index in [0.717, 1.165) is 12.8 Å². The molecule has 0 spiro atoms. The first kappa shape index (κ1) is 15.5. The first-order chi connectivity index (χ1) is 10.1. The predicted molar refractivity (Wildman–Crippen MR) is 76.2 cm³/mol. The SMILES string of the molecule is O=C(O)[C@H]1CCC[C@H](C(=O)NCCc2ccccc2F)C1. The highest BCUT2D eigenvalue weighted by molar-refractivity contribution is 5.80. The summed E-state index contributed by atoms with van der Waals surface area (Å²) in [5.74, 6) is -1.85. The lowest BCUT2D eigenvalue weighted by Crippen LogP contribution is -2.36. The Bertz CT molecular complexity index is 518. The molecule has 2 rings (SSSR count). The van der Waals surface area contributed by atoms with Crippen LogP contribution in [0.2, 0.25) is 0 Å². The Morgan fingerprint density at radius 3 is 2.67 bits per heavy atom. The quantitative estimate of drug-likeness (QED) is 0.876. The zero-order valence-electron chi connectivity index (χ0n) is 11.8. The monoisotopic (exact) mass is 293 g/mol. The number of hydrogen-bond acceptors (Lipinski definition) is 2. The number of rotatable bonds is 5. The molecule has 0 bridgehead atoms. The minimum Gasteiger partial charge on any atom is -0.481 e. The average Bonchev–Trinajstić information content (AvgIpc) is 2.49. The molecule has 5 heteroatoms. The van der Waals surface area contributed by atoms with Crippen LogP contribution in [0, 0.1) is 17.7 Å². The van der Waals surface area contributed by atoms with Gasteiger partial charge >= 0.3 is 5.97 Å². The fraction of sp³-hybridized carbons (Fsp3) is 0.500. The van der Waals surface area contributed by atoms with Gasteiger partial charge in [0.2, 0.25) is 5.91 Å². The summed E-state index contributed by atoms with van der Waals surface area (Å²) in [7, 11) is 0. The Morgan fingerprint density at radius 1 is 1.24 bits per heavy atom. The molecular formula is C16H20FNO3. The van der Waals surface area contributed by atoms with Gasteiger partial charge < -0.3 is 10.4 Å². The van der Waals surface area contributed by atoms with Crippen LogP contribution in [0.1, 0.15) is 31.2 Å². The van der Waals surface area contributed by atoms with Gasteiger partial charge in [-0.25, -0.2) is 4.39 Å². The van der Waals surface area contributed by atoms with Crippen molar-refractivity contribution in [1.29, 1.82) is 0 Å². The number of carbonyl (C=O) groups excluding carboxylic acids is 1. The van der Waals surface area contributed by atoms with Crippen LogP contribution in [0.4, 0.5) is 4.39 Å². The second-order valence-corrected chi connectivity index (χ2v) is 5.53. The largest absolute Gasteiger partial charge is 0.481 e. The maximum absolute atomic E-state index is 13.4. The molecule has 4 nitrogen and oxygen atoms in total. The minimum atomic E-state index is -0.821. The Kier molecular flexibility index (Phi) is 5.31. The summed E-state index contributed by atoms with van der Waals surface area (Å²) in [6.07, 6.45) is 2.99. The molecule has 1 aliphatic rings. The van der Waals surface area contributed by atoms with E-state index in [4.69, 9.17) is 5.11 Å². The van der Waals surface area contributed by atoms with Crippen LogP contribution >= 0.6 is 0 Å². The normalized spacial score (nSPS) is 21.8. The Balaban J connectivity index is 1.79. The summed E-state index contributed by atoms with van der Waals surface area (Å²) in [5, 5.41) is 11.8. The van der Waals surface area contributed by atoms with Crippen LogP contribution in [0.15, 0.2) is 24.3 Å². The van der Waals surface area contributed by atoms with Crippen LogP contribution in [0.25, 0.3) is 0 Å². The third kappa shape index (κ3) is 4.28. The molecule has 0 unspecified atom stereocenters. The van der Waals surface area contributed by atoms with E-state index in [0.29, 0.717) is 31.4 Å². The third-order valence-electron chi connectivity index (χ3n) is 4.05. The number of amides is 1. The van der Waals surface area contributed by atoms with Gasteiger partial charge in [-0.05, 0) is 37.3 Å². The van der Waals surface area contributed by atoms with Crippen molar-refractivity contribution in [2.75, 3.05) is 6.54 Å². The molecule has 0 aromatic heterocycles. The first-order valence-corrected chi connectivity index (χ1v) is 7.32. The highest BCUT2D eigenvalue weighted by atomic mass is 19.1. The van der Waals surface area contributed by atoms with Crippen molar-refractivity contribution in [2.24, 2.45) is 11.8 Å². The van der Waals surface area contributed by atoms with Crippen LogP contribution < -0.4 is 5.32 Å². The van der Waals surface area contributed by atoms with Gasteiger partial charge in [-0.3, -0.25) is 9.59 Å². The molecule has 2 N–H and O–H groups in total. The van der Waals surface area contributed by atoms with E-state index in [9.17, 15) is 14.0 Å². The number of hydrogen-bond donors (Lipinski definition) is 2. The predicted octanol–water partition coefficient (Wildman–Crippen LogP) is 2.38. The minimum absolute atomic E-state index is 0.114. The first-order valence-electron chi connectivity index (χ1n) is 7.32. The number of carboxylic acids is 1. The smallest absolute Gasteiger partial charge is 0.306 e. The van der Waals surface area contributed by atoms with Crippen molar-refractivity contribution in [2.45, 2.75) is 32.1 Å². The maximum Gasteiger partial charge on any atom is 0.306 e. The molecule has 0 radical (unpaired) electrons. The van der Waals surface area contributed by atoms with Gasteiger partial charge in [-0.15, -0.1) is 0 Å². The average molecular weight is 293 g/mol. The van der Waals surface area contributed by atoms with Crippen molar-refractivity contribution < 1.29 is 19.1 Å². The summed E-state index contributed by atoms with van der Waals surface area (Å²) >= 11 is 0. The van der Waals surface area contributed by atoms with Crippen LogP contribution in [0.5, 0.6) is 0 Å². The molecule has 1 fully saturated rings. The lowest BCUT2D eigenvalue weighted by molar-refractivity contribution is -0.144. The van der Waals surface area contributed by atoms with E-state index >= 15 is 0 Å². The number of nitrogens with one attached hydrogen (secondary N) is 1. The zero-order valence-corrected chi connectivity index (χ0v) is 11.8. The summed E-state index contributed by atoms with van der Waals surface area (Å²) in [6, 6.07) is 6.49. The van der Waals surface area contributed by atoms with E-state index < -0.39 is 11.9 Å². The van der Waals surface area contributed by atoms with E-state index in [1.807, 2.05) is 0 Å². The highest BCUT2D eigenvalue weighted by Gasteiger charge is 2.30. The fourth-order valence-corrected chi connectivity index (χ4v) is 2.82. The van der Waals surface area contributed by atoms with Crippen molar-refractivity contribution in [3.05, 3.63) is 35.6 Å². The van der Waals surface area contributed by atoms with Gasteiger partial charge in [-0.1, -0.05) is 24.6 Å². The molecule has 0 saturated heterocycles. The molecule has 1 aromatic carbocycles. The lowest BCUT2D eigenvalue weighted by atomic mass is 9.81. The van der Waals surface area contributed by atoms with Gasteiger partial charge in [-0.2, -0.15) is 0 Å². The Morgan fingerprint density at radius 2 is 1.95 bits per heavy atom. The molecular weight excluding hydrogens is 273 g/mol. The Hall–Kier alpha value is -1.91. The second-order valence-electron chi connectivity index (χ2n) is 5.53. The van der Waals surface area contributed by atoms with E-state index in [2.05, 4.69) is 5.32 Å². The summed E-state index contributed by atoms with van der Waals surface area (Å²) < 4.78 is 13.4. The number of aliphatic carboxylic acids is 1. The van der Waals surface area contributed by atoms with Crippen molar-refractivity contribution in [3.8, 4) is 0 Å². The molecule has 1 aromatic rings. The van der Waals surface area contributed by atoms with Crippen molar-refractivity contribution in [3.63, 3.8) is 0 Å². The van der Waals surface area contributed by atoms with Crippen LogP contribution in [-0.4, -0.2) is 23.5 Å². The Labute approximate surface area is 123 Å². The van der Waals surface area contributed by atoms with E-state index in [1.54, 1.807) is 18.2 Å². The third-order valence-corrected chi connectivity index (χ3v) is 4.05. The number of halogens is 1. The molecule has 114 valence electrons. The topological polar surface area (TPSA) is 66.4 Å². The van der Waals surface area contributed by atoms with Gasteiger partial charge in [0.25, 0.3) is 0 Å². The molecule has 1 amide bonds. The van der Waals surface area contributed by atoms with Crippen molar-refractivity contribution in [1.82, 2.24) is 5.32 Å². The number of benzene rings is 1. The van der Waals surface area contributed by atoms with E-state index in [-0.39, 0.29) is 17.6 Å². The van der Waals surface area contributed by atoms with Crippen molar-refractivity contribution >= 4 is 11.9 Å². The fourth-order valence-electron chi connectivity index (χ4n) is 2.82. The molecule has 1 aliphatic carbocycles. The second kappa shape index (κ2) is 7.20. The molecule has 2 atom stereocenters. The van der Waals surface area contributed by atoms with E-state index in [1.165, 1.54) is 6.07 Å². The maximum atomic E-state index is 13.4. The number of carbonyl (C=O) groups is 2. The molecule has 0 heterocycles. The molecule has 21 heavy (non-hydrogen) atoms. The zero-order chi connectivity index (χ0) is 15.2. The van der Waals surface area contributed by atoms with Crippen LogP contribution in [-0.2, 0) is 16.0 Å². The van der Waals surface area contributed by atoms with Crippen LogP contribution in [0.3, 0.4) is 0 Å². The lowest BCUT2D eigenvalue weighted by Gasteiger charge is -2.25. The highest BCUT2D eigenvalue weighted by Crippen LogP contribution is 2.29. The summed E-state index contributed by atoms with van der Waals surface area (Å²) in [6.45, 7) is 0.369. The molecule has 1 saturated carbocycles. The molecule has 0 aliphatic heterocycles. The van der Waals surface area contributed by atoms with Gasteiger partial charge in [0.05, 0.1) is 5.92 Å². The number of carboxylic acid groups (broad SMARTS) is 1. The van der Waals surface area contributed by atoms with Gasteiger partial charge in [0.1, 0.15) is 5.82 Å². The summed E-state index contributed by atoms with van der Waals surface area (Å²) in [4.78, 5) is 23.0. The summed E-state index contributed by atoms with van der Waals surface area (Å²) in [5.41, 5.74) is 0.574. The van der Waals surface area contributed by atoms with Gasteiger partial charge in [0.15, 0.2) is 0 Å². The van der Waals surface area contributed by atoms with Gasteiger partial charge in [0, 0.05) is 12.5 Å².